The minimum atomic E-state index is -1.75. The van der Waals surface area contributed by atoms with Crippen LogP contribution in [0, 0.1) is 0 Å². The van der Waals surface area contributed by atoms with E-state index in [9.17, 15) is 34.8 Å². The van der Waals surface area contributed by atoms with E-state index in [1.165, 1.54) is 12.1 Å². The van der Waals surface area contributed by atoms with Gasteiger partial charge in [0.25, 0.3) is 5.91 Å². The van der Waals surface area contributed by atoms with Gasteiger partial charge in [0.1, 0.15) is 29.3 Å². The summed E-state index contributed by atoms with van der Waals surface area (Å²) in [4.78, 5) is 37.2. The van der Waals surface area contributed by atoms with Crippen LogP contribution >= 0.6 is 11.6 Å². The molecule has 1 aromatic carbocycles. The fourth-order valence-corrected chi connectivity index (χ4v) is 4.36. The summed E-state index contributed by atoms with van der Waals surface area (Å²) < 4.78 is 0. The molecule has 0 bridgehead atoms. The molecule has 0 heterocycles. The molecule has 0 saturated heterocycles. The summed E-state index contributed by atoms with van der Waals surface area (Å²) in [5.41, 5.74) is 4.18. The molecular weight excluding hydrogens is 390 g/mol. The van der Waals surface area contributed by atoms with Crippen LogP contribution < -0.4 is 5.73 Å². The highest BCUT2D eigenvalue weighted by Crippen LogP contribution is 2.49. The molecule has 0 aromatic heterocycles. The molecule has 1 aromatic rings. The average Bonchev–Trinajstić information content (AvgIpc) is 2.60. The van der Waals surface area contributed by atoms with E-state index in [2.05, 4.69) is 0 Å². The molecular formula is C19H14ClNO7. The third-order valence-electron chi connectivity index (χ3n) is 5.31. The van der Waals surface area contributed by atoms with Gasteiger partial charge in [0.15, 0.2) is 5.78 Å². The van der Waals surface area contributed by atoms with Crippen LogP contribution in [0.1, 0.15) is 34.9 Å². The number of carbonyl (C=O) groups excluding carboxylic acids is 3. The quantitative estimate of drug-likeness (QED) is 0.436. The Kier molecular flexibility index (Phi) is 3.97. The Morgan fingerprint density at radius 2 is 1.71 bits per heavy atom. The number of phenolic OH excluding ortho intramolecular Hbond substituents is 1. The Morgan fingerprint density at radius 3 is 2.36 bits per heavy atom. The zero-order valence-corrected chi connectivity index (χ0v) is 14.9. The number of hydrogen-bond acceptors (Lipinski definition) is 7. The molecule has 4 rings (SSSR count). The second-order valence-corrected chi connectivity index (χ2v) is 7.22. The first-order valence-corrected chi connectivity index (χ1v) is 8.66. The van der Waals surface area contributed by atoms with E-state index in [4.69, 9.17) is 17.3 Å². The normalized spacial score (nSPS) is 24.2. The molecule has 8 nitrogen and oxygen atoms in total. The molecule has 0 spiro atoms. The summed E-state index contributed by atoms with van der Waals surface area (Å²) in [7, 11) is 0. The number of benzene rings is 1. The standard InChI is InChI=1S/C19H14ClNO7/c20-7-1-2-8(22)13-12(7)15(24)6-3-5-4-9(23)14(19(21)28)17(26)10(5)16(25)11(6)18(13)27/h1-2,15-16,22-25H,3-4H2,(H2,21,28). The SMILES string of the molecule is NC(=O)C1=C(O)CC2=C(C1=O)C(O)C1=C(C2)C(O)c2c(Cl)ccc(O)c2C1=O. The van der Waals surface area contributed by atoms with Crippen molar-refractivity contribution in [3.63, 3.8) is 0 Å². The minimum Gasteiger partial charge on any atom is -0.511 e. The Hall–Kier alpha value is -2.94. The molecule has 0 aliphatic heterocycles. The number of amides is 1. The first kappa shape index (κ1) is 18.4. The van der Waals surface area contributed by atoms with Crippen LogP contribution in [0.15, 0.2) is 45.8 Å². The van der Waals surface area contributed by atoms with Gasteiger partial charge < -0.3 is 26.2 Å². The van der Waals surface area contributed by atoms with Gasteiger partial charge in [-0.05, 0) is 29.7 Å². The van der Waals surface area contributed by atoms with Crippen LogP contribution in [0.25, 0.3) is 0 Å². The number of aliphatic hydroxyl groups is 3. The van der Waals surface area contributed by atoms with Gasteiger partial charge in [-0.1, -0.05) is 11.6 Å². The van der Waals surface area contributed by atoms with Crippen molar-refractivity contribution in [3.8, 4) is 5.75 Å². The molecule has 2 atom stereocenters. The number of Topliss-reactive ketones (excluding diaryl/α,β-unsaturated/α-hetero) is 2. The molecule has 6 N–H and O–H groups in total. The molecule has 2 unspecified atom stereocenters. The fourth-order valence-electron chi connectivity index (χ4n) is 4.10. The van der Waals surface area contributed by atoms with E-state index >= 15 is 0 Å². The monoisotopic (exact) mass is 403 g/mol. The Bertz CT molecular complexity index is 1100. The molecule has 144 valence electrons. The lowest BCUT2D eigenvalue weighted by atomic mass is 9.69. The number of ketones is 2. The summed E-state index contributed by atoms with van der Waals surface area (Å²) in [6, 6.07) is 2.52. The highest BCUT2D eigenvalue weighted by atomic mass is 35.5. The molecule has 3 aliphatic carbocycles. The molecule has 0 radical (unpaired) electrons. The number of aromatic hydroxyl groups is 1. The van der Waals surface area contributed by atoms with Crippen LogP contribution in [-0.2, 0) is 9.59 Å². The van der Waals surface area contributed by atoms with Gasteiger partial charge in [-0.2, -0.15) is 0 Å². The maximum Gasteiger partial charge on any atom is 0.256 e. The van der Waals surface area contributed by atoms with E-state index in [1.807, 2.05) is 0 Å². The minimum absolute atomic E-state index is 0.0152. The second kappa shape index (κ2) is 6.03. The lowest BCUT2D eigenvalue weighted by Gasteiger charge is -2.36. The van der Waals surface area contributed by atoms with E-state index in [1.54, 1.807) is 0 Å². The predicted octanol–water partition coefficient (Wildman–Crippen LogP) is 0.903. The highest BCUT2D eigenvalue weighted by molar-refractivity contribution is 6.33. The van der Waals surface area contributed by atoms with Crippen molar-refractivity contribution in [2.24, 2.45) is 5.73 Å². The van der Waals surface area contributed by atoms with E-state index in [-0.39, 0.29) is 51.3 Å². The average molecular weight is 404 g/mol. The van der Waals surface area contributed by atoms with Crippen molar-refractivity contribution in [1.29, 1.82) is 0 Å². The smallest absolute Gasteiger partial charge is 0.256 e. The van der Waals surface area contributed by atoms with Gasteiger partial charge in [-0.15, -0.1) is 0 Å². The number of rotatable bonds is 1. The topological polar surface area (TPSA) is 158 Å². The molecule has 0 fully saturated rings. The van der Waals surface area contributed by atoms with Crippen LogP contribution in [0.2, 0.25) is 5.02 Å². The van der Waals surface area contributed by atoms with Crippen molar-refractivity contribution >= 4 is 29.1 Å². The van der Waals surface area contributed by atoms with E-state index in [0.717, 1.165) is 0 Å². The summed E-state index contributed by atoms with van der Waals surface area (Å²) in [5.74, 6) is -3.84. The highest BCUT2D eigenvalue weighted by Gasteiger charge is 2.46. The van der Waals surface area contributed by atoms with Gasteiger partial charge in [-0.3, -0.25) is 14.4 Å². The lowest BCUT2D eigenvalue weighted by molar-refractivity contribution is -0.120. The first-order chi connectivity index (χ1) is 13.1. The van der Waals surface area contributed by atoms with Crippen LogP contribution in [0.3, 0.4) is 0 Å². The van der Waals surface area contributed by atoms with Gasteiger partial charge in [-0.25, -0.2) is 0 Å². The van der Waals surface area contributed by atoms with Gasteiger partial charge in [0.2, 0.25) is 5.78 Å². The predicted molar refractivity (Wildman–Crippen MR) is 95.6 cm³/mol. The number of hydrogen-bond donors (Lipinski definition) is 5. The fraction of sp³-hybridized carbons (Fsp3) is 0.211. The Morgan fingerprint density at radius 1 is 1.04 bits per heavy atom. The van der Waals surface area contributed by atoms with E-state index < -0.39 is 46.8 Å². The number of halogens is 1. The largest absolute Gasteiger partial charge is 0.511 e. The number of primary amides is 1. The van der Waals surface area contributed by atoms with Crippen LogP contribution in [-0.4, -0.2) is 44.0 Å². The summed E-state index contributed by atoms with van der Waals surface area (Å²) in [6.07, 6.45) is -3.47. The van der Waals surface area contributed by atoms with Crippen LogP contribution in [0.4, 0.5) is 0 Å². The number of aliphatic hydroxyl groups excluding tert-OH is 3. The molecule has 1 amide bonds. The summed E-state index contributed by atoms with van der Waals surface area (Å²) in [6.45, 7) is 0. The Balaban J connectivity index is 1.87. The third-order valence-corrected chi connectivity index (χ3v) is 5.64. The van der Waals surface area contributed by atoms with E-state index in [0.29, 0.717) is 0 Å². The van der Waals surface area contributed by atoms with Crippen molar-refractivity contribution in [2.45, 2.75) is 25.0 Å². The van der Waals surface area contributed by atoms with Crippen molar-refractivity contribution in [3.05, 3.63) is 61.9 Å². The molecule has 9 heteroatoms. The summed E-state index contributed by atoms with van der Waals surface area (Å²) in [5, 5.41) is 41.8. The lowest BCUT2D eigenvalue weighted by Crippen LogP contribution is -2.39. The van der Waals surface area contributed by atoms with Crippen LogP contribution in [0.5, 0.6) is 5.75 Å². The van der Waals surface area contributed by atoms with Crippen molar-refractivity contribution < 1.29 is 34.8 Å². The zero-order valence-electron chi connectivity index (χ0n) is 14.2. The second-order valence-electron chi connectivity index (χ2n) is 6.81. The Labute approximate surface area is 162 Å². The van der Waals surface area contributed by atoms with Gasteiger partial charge in [0, 0.05) is 28.2 Å². The van der Waals surface area contributed by atoms with Crippen molar-refractivity contribution in [1.82, 2.24) is 0 Å². The van der Waals surface area contributed by atoms with Gasteiger partial charge >= 0.3 is 0 Å². The number of phenols is 1. The number of nitrogens with two attached hydrogens (primary N) is 1. The number of fused-ring (bicyclic) bond motifs is 1. The molecule has 0 saturated carbocycles. The third kappa shape index (κ3) is 2.29. The van der Waals surface area contributed by atoms with Gasteiger partial charge in [0.05, 0.1) is 5.56 Å². The molecule has 28 heavy (non-hydrogen) atoms. The maximum atomic E-state index is 13.0. The summed E-state index contributed by atoms with van der Waals surface area (Å²) >= 11 is 6.11. The molecule has 3 aliphatic rings. The number of allylic oxidation sites excluding steroid dienone is 1. The first-order valence-electron chi connectivity index (χ1n) is 8.28. The maximum absolute atomic E-state index is 13.0. The zero-order chi connectivity index (χ0) is 20.5. The number of carbonyl (C=O) groups is 3. The van der Waals surface area contributed by atoms with Crippen molar-refractivity contribution in [2.75, 3.05) is 0 Å².